The van der Waals surface area contributed by atoms with Crippen molar-refractivity contribution in [1.29, 1.82) is 0 Å². The van der Waals surface area contributed by atoms with Crippen LogP contribution in [-0.2, 0) is 6.42 Å². The van der Waals surface area contributed by atoms with E-state index in [0.717, 1.165) is 12.0 Å². The van der Waals surface area contributed by atoms with Crippen molar-refractivity contribution >= 4 is 16.8 Å². The minimum atomic E-state index is -0.442. The van der Waals surface area contributed by atoms with E-state index in [1.165, 1.54) is 0 Å². The van der Waals surface area contributed by atoms with Crippen molar-refractivity contribution < 1.29 is 4.42 Å². The number of hydrogen-bond donors (Lipinski definition) is 2. The van der Waals surface area contributed by atoms with Crippen LogP contribution in [0.3, 0.4) is 0 Å². The van der Waals surface area contributed by atoms with Crippen LogP contribution < -0.4 is 11.5 Å². The lowest BCUT2D eigenvalue weighted by molar-refractivity contribution is 0.555. The Labute approximate surface area is 74.4 Å². The molecule has 4 heteroatoms. The monoisotopic (exact) mass is 178 g/mol. The number of nitrogens with two attached hydrogens (primary N) is 1. The zero-order valence-corrected chi connectivity index (χ0v) is 7.26. The summed E-state index contributed by atoms with van der Waals surface area (Å²) in [5, 5.41) is 0. The SMILES string of the molecule is CCc1cc2[nH]c(=O)oc2cc1N. The van der Waals surface area contributed by atoms with Crippen LogP contribution in [0.5, 0.6) is 0 Å². The fourth-order valence-electron chi connectivity index (χ4n) is 1.36. The molecule has 1 heterocycles. The van der Waals surface area contributed by atoms with Gasteiger partial charge in [-0.05, 0) is 18.1 Å². The van der Waals surface area contributed by atoms with Crippen molar-refractivity contribution in [1.82, 2.24) is 4.98 Å². The minimum Gasteiger partial charge on any atom is -0.408 e. The van der Waals surface area contributed by atoms with Gasteiger partial charge in [-0.15, -0.1) is 0 Å². The van der Waals surface area contributed by atoms with Crippen LogP contribution in [0.25, 0.3) is 11.1 Å². The lowest BCUT2D eigenvalue weighted by Gasteiger charge is -2.00. The molecule has 0 saturated heterocycles. The number of nitrogen functional groups attached to an aromatic ring is 1. The van der Waals surface area contributed by atoms with Gasteiger partial charge < -0.3 is 10.2 Å². The number of hydrogen-bond acceptors (Lipinski definition) is 3. The maximum absolute atomic E-state index is 10.8. The van der Waals surface area contributed by atoms with Gasteiger partial charge in [0.2, 0.25) is 0 Å². The van der Waals surface area contributed by atoms with E-state index in [2.05, 4.69) is 4.98 Å². The first-order valence-corrected chi connectivity index (χ1v) is 4.12. The molecule has 3 N–H and O–H groups in total. The summed E-state index contributed by atoms with van der Waals surface area (Å²) in [6, 6.07) is 3.52. The van der Waals surface area contributed by atoms with E-state index >= 15 is 0 Å². The fraction of sp³-hybridized carbons (Fsp3) is 0.222. The Morgan fingerprint density at radius 2 is 2.31 bits per heavy atom. The highest BCUT2D eigenvalue weighted by atomic mass is 16.4. The summed E-state index contributed by atoms with van der Waals surface area (Å²) in [5.41, 5.74) is 8.63. The summed E-state index contributed by atoms with van der Waals surface area (Å²) in [7, 11) is 0. The molecule has 0 bridgehead atoms. The van der Waals surface area contributed by atoms with Gasteiger partial charge in [-0.1, -0.05) is 6.92 Å². The Balaban J connectivity index is 2.80. The number of aromatic amines is 1. The number of fused-ring (bicyclic) bond motifs is 1. The van der Waals surface area contributed by atoms with Crippen molar-refractivity contribution in [3.8, 4) is 0 Å². The highest BCUT2D eigenvalue weighted by Gasteiger charge is 2.04. The first kappa shape index (κ1) is 7.91. The molecule has 13 heavy (non-hydrogen) atoms. The molecule has 0 amide bonds. The van der Waals surface area contributed by atoms with Crippen molar-refractivity contribution in [3.63, 3.8) is 0 Å². The molecule has 2 rings (SSSR count). The highest BCUT2D eigenvalue weighted by Crippen LogP contribution is 2.19. The molecule has 4 nitrogen and oxygen atoms in total. The van der Waals surface area contributed by atoms with Crippen LogP contribution in [-0.4, -0.2) is 4.98 Å². The Kier molecular flexibility index (Phi) is 1.62. The second kappa shape index (κ2) is 2.65. The average Bonchev–Trinajstić information content (AvgIpc) is 2.42. The number of aromatic nitrogens is 1. The van der Waals surface area contributed by atoms with E-state index in [4.69, 9.17) is 10.2 Å². The Hall–Kier alpha value is -1.71. The fourth-order valence-corrected chi connectivity index (χ4v) is 1.36. The van der Waals surface area contributed by atoms with Crippen molar-refractivity contribution in [2.24, 2.45) is 0 Å². The molecule has 68 valence electrons. The zero-order valence-electron chi connectivity index (χ0n) is 7.26. The summed E-state index contributed by atoms with van der Waals surface area (Å²) in [6.07, 6.45) is 0.842. The number of H-pyrrole nitrogens is 1. The van der Waals surface area contributed by atoms with Crippen LogP contribution in [0.15, 0.2) is 21.3 Å². The molecule has 0 saturated carbocycles. The van der Waals surface area contributed by atoms with E-state index in [-0.39, 0.29) is 0 Å². The predicted octanol–water partition coefficient (Wildman–Crippen LogP) is 1.27. The normalized spacial score (nSPS) is 10.8. The summed E-state index contributed by atoms with van der Waals surface area (Å²) in [6.45, 7) is 2.01. The molecule has 0 aliphatic heterocycles. The van der Waals surface area contributed by atoms with Crippen LogP contribution >= 0.6 is 0 Å². The molecule has 0 radical (unpaired) electrons. The van der Waals surface area contributed by atoms with Crippen molar-refractivity contribution in [2.75, 3.05) is 5.73 Å². The zero-order chi connectivity index (χ0) is 9.42. The maximum Gasteiger partial charge on any atom is 0.417 e. The van der Waals surface area contributed by atoms with Crippen molar-refractivity contribution in [2.45, 2.75) is 13.3 Å². The van der Waals surface area contributed by atoms with E-state index < -0.39 is 5.76 Å². The van der Waals surface area contributed by atoms with Gasteiger partial charge in [-0.25, -0.2) is 4.79 Å². The standard InChI is InChI=1S/C9H10N2O2/c1-2-5-3-7-8(4-6(5)10)13-9(12)11-7/h3-4H,2,10H2,1H3,(H,11,12). The number of benzene rings is 1. The van der Waals surface area contributed by atoms with E-state index in [0.29, 0.717) is 16.8 Å². The third-order valence-corrected chi connectivity index (χ3v) is 2.06. The van der Waals surface area contributed by atoms with Crippen molar-refractivity contribution in [3.05, 3.63) is 28.2 Å². The molecule has 0 aliphatic rings. The minimum absolute atomic E-state index is 0.442. The van der Waals surface area contributed by atoms with Gasteiger partial charge in [0.1, 0.15) is 0 Å². The second-order valence-corrected chi connectivity index (χ2v) is 2.92. The molecule has 0 unspecified atom stereocenters. The number of rotatable bonds is 1. The third-order valence-electron chi connectivity index (χ3n) is 2.06. The van der Waals surface area contributed by atoms with Gasteiger partial charge in [0.25, 0.3) is 0 Å². The Bertz CT molecular complexity index is 496. The van der Waals surface area contributed by atoms with Crippen LogP contribution in [0.1, 0.15) is 12.5 Å². The average molecular weight is 178 g/mol. The summed E-state index contributed by atoms with van der Waals surface area (Å²) in [5.74, 6) is -0.442. The number of aryl methyl sites for hydroxylation is 1. The number of anilines is 1. The molecular weight excluding hydrogens is 168 g/mol. The van der Waals surface area contributed by atoms with Gasteiger partial charge in [0.05, 0.1) is 5.52 Å². The van der Waals surface area contributed by atoms with Gasteiger partial charge in [-0.3, -0.25) is 4.98 Å². The Morgan fingerprint density at radius 3 is 3.00 bits per heavy atom. The molecular formula is C9H10N2O2. The first-order valence-electron chi connectivity index (χ1n) is 4.12. The number of nitrogens with one attached hydrogen (secondary N) is 1. The molecule has 1 aromatic heterocycles. The molecule has 2 aromatic rings. The predicted molar refractivity (Wildman–Crippen MR) is 50.6 cm³/mol. The molecule has 0 spiro atoms. The van der Waals surface area contributed by atoms with Gasteiger partial charge in [-0.2, -0.15) is 0 Å². The van der Waals surface area contributed by atoms with E-state index in [9.17, 15) is 4.79 Å². The second-order valence-electron chi connectivity index (χ2n) is 2.92. The topological polar surface area (TPSA) is 72.0 Å². The summed E-state index contributed by atoms with van der Waals surface area (Å²) in [4.78, 5) is 13.4. The van der Waals surface area contributed by atoms with E-state index in [1.807, 2.05) is 13.0 Å². The number of oxazole rings is 1. The van der Waals surface area contributed by atoms with Crippen LogP contribution in [0.4, 0.5) is 5.69 Å². The summed E-state index contributed by atoms with van der Waals surface area (Å²) < 4.78 is 4.86. The molecule has 0 atom stereocenters. The lowest BCUT2D eigenvalue weighted by Crippen LogP contribution is -1.93. The quantitative estimate of drug-likeness (QED) is 0.646. The van der Waals surface area contributed by atoms with Crippen LogP contribution in [0.2, 0.25) is 0 Å². The Morgan fingerprint density at radius 1 is 1.54 bits per heavy atom. The largest absolute Gasteiger partial charge is 0.417 e. The lowest BCUT2D eigenvalue weighted by atomic mass is 10.1. The summed E-state index contributed by atoms with van der Waals surface area (Å²) >= 11 is 0. The van der Waals surface area contributed by atoms with Gasteiger partial charge in [0, 0.05) is 11.8 Å². The van der Waals surface area contributed by atoms with E-state index in [1.54, 1.807) is 6.07 Å². The van der Waals surface area contributed by atoms with Crippen LogP contribution in [0, 0.1) is 0 Å². The molecule has 0 fully saturated rings. The molecule has 0 aliphatic carbocycles. The first-order chi connectivity index (χ1) is 6.20. The molecule has 1 aromatic carbocycles. The van der Waals surface area contributed by atoms with Gasteiger partial charge >= 0.3 is 5.76 Å². The van der Waals surface area contributed by atoms with Gasteiger partial charge in [0.15, 0.2) is 5.58 Å². The maximum atomic E-state index is 10.8. The third kappa shape index (κ3) is 1.20. The highest BCUT2D eigenvalue weighted by molar-refractivity contribution is 5.78. The smallest absolute Gasteiger partial charge is 0.408 e.